The van der Waals surface area contributed by atoms with E-state index in [4.69, 9.17) is 14.2 Å². The van der Waals surface area contributed by atoms with Gasteiger partial charge >= 0.3 is 0 Å². The maximum atomic E-state index is 13.1. The van der Waals surface area contributed by atoms with Gasteiger partial charge in [0.25, 0.3) is 5.56 Å². The van der Waals surface area contributed by atoms with E-state index in [9.17, 15) is 4.79 Å². The van der Waals surface area contributed by atoms with E-state index in [1.807, 2.05) is 0 Å². The molecular weight excluding hydrogens is 332 g/mol. The fourth-order valence-corrected chi connectivity index (χ4v) is 4.21. The molecule has 0 bridgehead atoms. The van der Waals surface area contributed by atoms with Crippen molar-refractivity contribution in [1.82, 2.24) is 9.55 Å². The molecule has 1 aromatic carbocycles. The van der Waals surface area contributed by atoms with Gasteiger partial charge in [0.15, 0.2) is 11.5 Å². The minimum absolute atomic E-state index is 0.0655. The van der Waals surface area contributed by atoms with E-state index in [2.05, 4.69) is 18.8 Å². The topological polar surface area (TPSA) is 62.6 Å². The van der Waals surface area contributed by atoms with Crippen molar-refractivity contribution >= 4 is 10.9 Å². The molecule has 1 fully saturated rings. The van der Waals surface area contributed by atoms with Gasteiger partial charge < -0.3 is 14.2 Å². The van der Waals surface area contributed by atoms with Crippen molar-refractivity contribution in [3.8, 4) is 17.2 Å². The molecule has 0 amide bonds. The summed E-state index contributed by atoms with van der Waals surface area (Å²) in [5.74, 6) is 1.95. The smallest absolute Gasteiger partial charge is 0.261 e. The molecule has 6 nitrogen and oxygen atoms in total. The van der Waals surface area contributed by atoms with Gasteiger partial charge in [0.2, 0.25) is 5.75 Å². The standard InChI is InChI=1S/C20H28N2O4/c1-13(2)10-20(7-6-8-20)11-22-12-21-16-14(19(22)23)9-15(24-3)17(25-4)18(16)26-5/h9,12-13H,6-8,10-11H2,1-5H3. The summed E-state index contributed by atoms with van der Waals surface area (Å²) >= 11 is 0. The van der Waals surface area contributed by atoms with Crippen molar-refractivity contribution in [2.75, 3.05) is 21.3 Å². The Morgan fingerprint density at radius 3 is 2.35 bits per heavy atom. The molecule has 1 aliphatic carbocycles. The zero-order valence-corrected chi connectivity index (χ0v) is 16.3. The van der Waals surface area contributed by atoms with Crippen LogP contribution in [0.25, 0.3) is 10.9 Å². The minimum atomic E-state index is -0.0655. The van der Waals surface area contributed by atoms with E-state index < -0.39 is 0 Å². The largest absolute Gasteiger partial charge is 0.493 e. The molecule has 142 valence electrons. The maximum Gasteiger partial charge on any atom is 0.261 e. The van der Waals surface area contributed by atoms with Crippen molar-refractivity contribution in [3.63, 3.8) is 0 Å². The summed E-state index contributed by atoms with van der Waals surface area (Å²) in [4.78, 5) is 17.7. The van der Waals surface area contributed by atoms with Gasteiger partial charge in [0, 0.05) is 6.54 Å². The number of methoxy groups -OCH3 is 3. The molecule has 26 heavy (non-hydrogen) atoms. The zero-order chi connectivity index (χ0) is 18.9. The molecule has 0 atom stereocenters. The number of benzene rings is 1. The number of nitrogens with zero attached hydrogens (tertiary/aromatic N) is 2. The highest BCUT2D eigenvalue weighted by atomic mass is 16.5. The molecular formula is C20H28N2O4. The van der Waals surface area contributed by atoms with E-state index in [0.29, 0.717) is 40.6 Å². The first-order chi connectivity index (χ1) is 12.4. The second-order valence-electron chi connectivity index (χ2n) is 7.67. The molecule has 1 heterocycles. The van der Waals surface area contributed by atoms with E-state index in [1.54, 1.807) is 31.2 Å². The van der Waals surface area contributed by atoms with E-state index in [1.165, 1.54) is 26.4 Å². The van der Waals surface area contributed by atoms with Crippen LogP contribution in [0.15, 0.2) is 17.2 Å². The van der Waals surface area contributed by atoms with Crippen molar-refractivity contribution in [2.24, 2.45) is 11.3 Å². The summed E-state index contributed by atoms with van der Waals surface area (Å²) in [6.45, 7) is 5.19. The quantitative estimate of drug-likeness (QED) is 0.754. The van der Waals surface area contributed by atoms with Crippen LogP contribution in [0.5, 0.6) is 17.2 Å². The summed E-state index contributed by atoms with van der Waals surface area (Å²) in [6, 6.07) is 1.69. The van der Waals surface area contributed by atoms with Crippen LogP contribution in [-0.2, 0) is 6.54 Å². The Kier molecular flexibility index (Phi) is 5.12. The molecule has 0 aliphatic heterocycles. The minimum Gasteiger partial charge on any atom is -0.493 e. The van der Waals surface area contributed by atoms with E-state index >= 15 is 0 Å². The average Bonchev–Trinajstić information content (AvgIpc) is 2.59. The monoisotopic (exact) mass is 360 g/mol. The molecule has 0 radical (unpaired) electrons. The first-order valence-electron chi connectivity index (χ1n) is 9.13. The van der Waals surface area contributed by atoms with Crippen molar-refractivity contribution < 1.29 is 14.2 Å². The van der Waals surface area contributed by atoms with Gasteiger partial charge in [0.1, 0.15) is 5.52 Å². The summed E-state index contributed by atoms with van der Waals surface area (Å²) in [5.41, 5.74) is 0.649. The zero-order valence-electron chi connectivity index (χ0n) is 16.3. The highest BCUT2D eigenvalue weighted by Gasteiger charge is 2.38. The first-order valence-corrected chi connectivity index (χ1v) is 9.13. The SMILES string of the molecule is COc1cc2c(=O)n(CC3(CC(C)C)CCC3)cnc2c(OC)c1OC. The number of fused-ring (bicyclic) bond motifs is 1. The molecule has 6 heteroatoms. The number of hydrogen-bond acceptors (Lipinski definition) is 5. The molecule has 3 rings (SSSR count). The Morgan fingerprint density at radius 1 is 1.15 bits per heavy atom. The molecule has 1 saturated carbocycles. The van der Waals surface area contributed by atoms with Gasteiger partial charge in [-0.2, -0.15) is 0 Å². The molecule has 1 aromatic heterocycles. The Morgan fingerprint density at radius 2 is 1.85 bits per heavy atom. The predicted octanol–water partition coefficient (Wildman–Crippen LogP) is 3.64. The van der Waals surface area contributed by atoms with Crippen molar-refractivity contribution in [2.45, 2.75) is 46.1 Å². The van der Waals surface area contributed by atoms with E-state index in [-0.39, 0.29) is 11.0 Å². The lowest BCUT2D eigenvalue weighted by molar-refractivity contribution is 0.0749. The fraction of sp³-hybridized carbons (Fsp3) is 0.600. The Balaban J connectivity index is 2.10. The van der Waals surface area contributed by atoms with Gasteiger partial charge in [-0.1, -0.05) is 20.3 Å². The molecule has 0 saturated heterocycles. The lowest BCUT2D eigenvalue weighted by Gasteiger charge is -2.43. The number of ether oxygens (including phenoxy) is 3. The van der Waals surface area contributed by atoms with E-state index in [0.717, 1.165) is 6.42 Å². The van der Waals surface area contributed by atoms with Gasteiger partial charge in [-0.3, -0.25) is 9.36 Å². The highest BCUT2D eigenvalue weighted by Crippen LogP contribution is 2.47. The van der Waals surface area contributed by atoms with Crippen molar-refractivity contribution in [3.05, 3.63) is 22.7 Å². The maximum absolute atomic E-state index is 13.1. The predicted molar refractivity (Wildman–Crippen MR) is 101 cm³/mol. The second kappa shape index (κ2) is 7.17. The third-order valence-electron chi connectivity index (χ3n) is 5.38. The summed E-state index contributed by atoms with van der Waals surface area (Å²) in [5, 5.41) is 0.487. The molecule has 2 aromatic rings. The lowest BCUT2D eigenvalue weighted by Crippen LogP contribution is -2.38. The number of rotatable bonds is 7. The fourth-order valence-electron chi connectivity index (χ4n) is 4.21. The Bertz CT molecular complexity index is 853. The van der Waals surface area contributed by atoms with Gasteiger partial charge in [-0.25, -0.2) is 4.98 Å². The van der Waals surface area contributed by atoms with Crippen LogP contribution >= 0.6 is 0 Å². The van der Waals surface area contributed by atoms with Crippen LogP contribution in [0.2, 0.25) is 0 Å². The summed E-state index contributed by atoms with van der Waals surface area (Å²) in [6.07, 6.45) is 6.35. The third-order valence-corrected chi connectivity index (χ3v) is 5.38. The molecule has 0 unspecified atom stereocenters. The van der Waals surface area contributed by atoms with Gasteiger partial charge in [0.05, 0.1) is 33.0 Å². The molecule has 0 N–H and O–H groups in total. The van der Waals surface area contributed by atoms with Crippen LogP contribution in [0.1, 0.15) is 39.5 Å². The van der Waals surface area contributed by atoms with Crippen LogP contribution < -0.4 is 19.8 Å². The van der Waals surface area contributed by atoms with Gasteiger partial charge in [-0.05, 0) is 36.7 Å². The van der Waals surface area contributed by atoms with Crippen LogP contribution in [0.3, 0.4) is 0 Å². The number of aromatic nitrogens is 2. The first kappa shape index (κ1) is 18.5. The van der Waals surface area contributed by atoms with Gasteiger partial charge in [-0.15, -0.1) is 0 Å². The lowest BCUT2D eigenvalue weighted by atomic mass is 9.64. The highest BCUT2D eigenvalue weighted by molar-refractivity contribution is 5.89. The normalized spacial score (nSPS) is 15.8. The van der Waals surface area contributed by atoms with Crippen LogP contribution in [0.4, 0.5) is 0 Å². The van der Waals surface area contributed by atoms with Crippen LogP contribution in [-0.4, -0.2) is 30.9 Å². The Hall–Kier alpha value is -2.24. The second-order valence-corrected chi connectivity index (χ2v) is 7.67. The number of hydrogen-bond donors (Lipinski definition) is 0. The average molecular weight is 360 g/mol. The van der Waals surface area contributed by atoms with Crippen LogP contribution in [0, 0.1) is 11.3 Å². The summed E-state index contributed by atoms with van der Waals surface area (Å²) < 4.78 is 18.0. The third kappa shape index (κ3) is 3.13. The molecule has 1 aliphatic rings. The Labute approximate surface area is 154 Å². The summed E-state index contributed by atoms with van der Waals surface area (Å²) in [7, 11) is 4.62. The van der Waals surface area contributed by atoms with Crippen molar-refractivity contribution in [1.29, 1.82) is 0 Å². The molecule has 0 spiro atoms.